The van der Waals surface area contributed by atoms with Gasteiger partial charge >= 0.3 is 41.8 Å². The number of ether oxygens (including phenoxy) is 12. The summed E-state index contributed by atoms with van der Waals surface area (Å²) in [5.74, 6) is -9.16. The van der Waals surface area contributed by atoms with Crippen LogP contribution >= 0.6 is 0 Å². The summed E-state index contributed by atoms with van der Waals surface area (Å²) < 4.78 is 69.6. The molecule has 0 radical (unpaired) electrons. The van der Waals surface area contributed by atoms with Gasteiger partial charge < -0.3 is 115 Å². The standard InChI is InChI=1S/C81H135N11O30/c1-13-59-72(114-52(7)96)75(117-55(10)99)69(89-49(4)93)79(120-59)111-44-24-16-19-32-62(102)83-38-28-41-86-66(106)47-92(48-67(107)87-42-29-39-84-63(103)33-20-17-25-45-112-80-70(90-50(5)94)76(118-56(11)100)73(115-53(8)97)60(14-2)121-80)58(31-22-23-37-82-65(105)35-27-36-68(108)109)78(110)88-43-30-40-85-64(104)34-21-18-26-46-113-81-71(91-51(6)95)77(119-57(12)101)74(116-54(9)98)61(15-3)122-81/h58-61,69-77,79-81H,13-48H2,1-12H3,(H,82,105)(H,83,102)(H,84,103)(H,85,104)(H,86,106)(H,87,107)(H,88,110)(H,89,93)(H,90,94)(H,91,95)(H,108,109). The molecule has 41 nitrogen and oxygen atoms in total. The lowest BCUT2D eigenvalue weighted by atomic mass is 9.94. The molecule has 0 aromatic heterocycles. The van der Waals surface area contributed by atoms with Gasteiger partial charge in [0.15, 0.2) is 55.5 Å². The first-order valence-corrected chi connectivity index (χ1v) is 42.6. The van der Waals surface area contributed by atoms with E-state index in [1.807, 2.05) is 0 Å². The van der Waals surface area contributed by atoms with Crippen LogP contribution < -0.4 is 53.2 Å². The second-order valence-corrected chi connectivity index (χ2v) is 30.1. The molecule has 3 heterocycles. The lowest BCUT2D eigenvalue weighted by molar-refractivity contribution is -0.272. The predicted octanol–water partition coefficient (Wildman–Crippen LogP) is 1.31. The van der Waals surface area contributed by atoms with Crippen LogP contribution in [0.15, 0.2) is 0 Å². The number of carbonyl (C=O) groups excluding carboxylic acids is 16. The number of hydrogen-bond acceptors (Lipinski definition) is 30. The van der Waals surface area contributed by atoms with E-state index in [0.29, 0.717) is 103 Å². The Hall–Kier alpha value is -9.29. The minimum absolute atomic E-state index is 0.0196. The molecular formula is C81H135N11O30. The van der Waals surface area contributed by atoms with Crippen molar-refractivity contribution in [3.05, 3.63) is 0 Å². The zero-order chi connectivity index (χ0) is 90.6. The third-order valence-electron chi connectivity index (χ3n) is 19.5. The first-order chi connectivity index (χ1) is 58.1. The molecule has 11 N–H and O–H groups in total. The number of aliphatic carboxylic acids is 1. The van der Waals surface area contributed by atoms with Gasteiger partial charge in [-0.3, -0.25) is 86.4 Å². The smallest absolute Gasteiger partial charge is 0.303 e. The summed E-state index contributed by atoms with van der Waals surface area (Å²) in [6.07, 6.45) is -4.21. The first kappa shape index (κ1) is 107. The van der Waals surface area contributed by atoms with E-state index in [4.69, 9.17) is 61.9 Å². The van der Waals surface area contributed by atoms with E-state index < -0.39 is 188 Å². The summed E-state index contributed by atoms with van der Waals surface area (Å²) >= 11 is 0. The fourth-order valence-corrected chi connectivity index (χ4v) is 14.0. The number of unbranched alkanes of at least 4 members (excludes halogenated alkanes) is 7. The molecule has 3 saturated heterocycles. The Morgan fingerprint density at radius 3 is 0.861 bits per heavy atom. The Balaban J connectivity index is 1.67. The Kier molecular flexibility index (Phi) is 52.8. The van der Waals surface area contributed by atoms with E-state index >= 15 is 0 Å². The quantitative estimate of drug-likeness (QED) is 0.0232. The molecule has 3 aliphatic rings. The van der Waals surface area contributed by atoms with Crippen LogP contribution in [0.4, 0.5) is 0 Å². The number of rotatable bonds is 60. The predicted molar refractivity (Wildman–Crippen MR) is 432 cm³/mol. The minimum Gasteiger partial charge on any atom is -0.481 e. The van der Waals surface area contributed by atoms with Gasteiger partial charge in [0, 0.05) is 160 Å². The third-order valence-corrected chi connectivity index (χ3v) is 19.5. The van der Waals surface area contributed by atoms with Crippen molar-refractivity contribution in [2.24, 2.45) is 0 Å². The van der Waals surface area contributed by atoms with Crippen molar-refractivity contribution in [2.75, 3.05) is 78.7 Å². The number of amides is 10. The molecule has 694 valence electrons. The van der Waals surface area contributed by atoms with Gasteiger partial charge in [0.2, 0.25) is 59.1 Å². The third kappa shape index (κ3) is 44.2. The fraction of sp³-hybridized carbons (Fsp3) is 0.790. The van der Waals surface area contributed by atoms with Crippen LogP contribution in [-0.2, 0) is 138 Å². The average molecular weight is 1740 g/mol. The largest absolute Gasteiger partial charge is 0.481 e. The molecule has 0 aliphatic carbocycles. The van der Waals surface area contributed by atoms with E-state index in [2.05, 4.69) is 53.2 Å². The number of nitrogens with one attached hydrogen (secondary N) is 10. The summed E-state index contributed by atoms with van der Waals surface area (Å²) in [5, 5.41) is 36.9. The van der Waals surface area contributed by atoms with Gasteiger partial charge in [-0.05, 0) is 103 Å². The van der Waals surface area contributed by atoms with E-state index in [9.17, 15) is 81.5 Å². The van der Waals surface area contributed by atoms with Gasteiger partial charge in [-0.2, -0.15) is 0 Å². The highest BCUT2D eigenvalue weighted by atomic mass is 16.7. The molecule has 0 saturated carbocycles. The van der Waals surface area contributed by atoms with E-state index in [-0.39, 0.29) is 141 Å². The van der Waals surface area contributed by atoms with Gasteiger partial charge in [-0.15, -0.1) is 0 Å². The highest BCUT2D eigenvalue weighted by Crippen LogP contribution is 2.33. The number of carbonyl (C=O) groups is 17. The van der Waals surface area contributed by atoms with E-state index in [1.165, 1.54) is 67.2 Å². The van der Waals surface area contributed by atoms with Crippen LogP contribution in [0.25, 0.3) is 0 Å². The minimum atomic E-state index is -1.11. The van der Waals surface area contributed by atoms with Gasteiger partial charge in [-0.1, -0.05) is 40.0 Å². The van der Waals surface area contributed by atoms with Gasteiger partial charge in [0.05, 0.1) is 19.1 Å². The van der Waals surface area contributed by atoms with Crippen LogP contribution in [0.3, 0.4) is 0 Å². The number of hydrogen-bond donors (Lipinski definition) is 11. The van der Waals surface area contributed by atoms with Gasteiger partial charge in [0.1, 0.15) is 36.4 Å². The summed E-state index contributed by atoms with van der Waals surface area (Å²) in [6, 6.07) is -4.15. The van der Waals surface area contributed by atoms with Crippen molar-refractivity contribution in [1.29, 1.82) is 0 Å². The molecule has 3 fully saturated rings. The number of carboxylic acids is 1. The maximum absolute atomic E-state index is 14.4. The van der Waals surface area contributed by atoms with Crippen LogP contribution in [0.5, 0.6) is 0 Å². The topological polar surface area (TPSA) is 545 Å². The van der Waals surface area contributed by atoms with E-state index in [1.54, 1.807) is 20.8 Å². The molecule has 3 rings (SSSR count). The van der Waals surface area contributed by atoms with Crippen molar-refractivity contribution >= 4 is 101 Å². The van der Waals surface area contributed by atoms with Crippen molar-refractivity contribution in [2.45, 2.75) is 335 Å². The summed E-state index contributed by atoms with van der Waals surface area (Å²) in [5.41, 5.74) is 0. The Morgan fingerprint density at radius 1 is 0.311 bits per heavy atom. The summed E-state index contributed by atoms with van der Waals surface area (Å²) in [7, 11) is 0. The second-order valence-electron chi connectivity index (χ2n) is 30.1. The van der Waals surface area contributed by atoms with Crippen LogP contribution in [0, 0.1) is 0 Å². The molecular weight excluding hydrogens is 1610 g/mol. The molecule has 122 heavy (non-hydrogen) atoms. The monoisotopic (exact) mass is 1740 g/mol. The Morgan fingerprint density at radius 2 is 0.582 bits per heavy atom. The Labute approximate surface area is 713 Å². The lowest BCUT2D eigenvalue weighted by Gasteiger charge is -2.45. The van der Waals surface area contributed by atoms with Gasteiger partial charge in [0.25, 0.3) is 0 Å². The SMILES string of the molecule is CCC1OC(OCCCCCC(=O)NCCCNC(=O)CN(CC(=O)NCCCNC(=O)CCCCCOC2OC(CC)C(OC(C)=O)C(OC(C)=O)C2NC(C)=O)C(CCCCNC(=O)CCCC(=O)O)C(=O)NCCCNC(=O)CCCCCOC2OC(CC)C(OC(C)=O)C(OC(C)=O)C2NC(C)=O)C(NC(C)=O)C(OC(C)=O)C1OC(C)=O. The molecule has 0 bridgehead atoms. The molecule has 0 spiro atoms. The number of esters is 6. The molecule has 10 amide bonds. The first-order valence-electron chi connectivity index (χ1n) is 42.6. The van der Waals surface area contributed by atoms with Crippen LogP contribution in [0.1, 0.15) is 237 Å². The van der Waals surface area contributed by atoms with Crippen molar-refractivity contribution in [3.8, 4) is 0 Å². The second kappa shape index (κ2) is 60.3. The molecule has 16 unspecified atom stereocenters. The number of carboxylic acid groups (broad SMARTS) is 1. The molecule has 41 heteroatoms. The molecule has 16 atom stereocenters. The van der Waals surface area contributed by atoms with E-state index in [0.717, 1.165) is 0 Å². The maximum atomic E-state index is 14.4. The highest BCUT2D eigenvalue weighted by molar-refractivity contribution is 5.86. The highest BCUT2D eigenvalue weighted by Gasteiger charge is 2.53. The fourth-order valence-electron chi connectivity index (χ4n) is 14.0. The zero-order valence-corrected chi connectivity index (χ0v) is 72.9. The molecule has 3 aliphatic heterocycles. The van der Waals surface area contributed by atoms with Crippen molar-refractivity contribution in [1.82, 2.24) is 58.1 Å². The normalized spacial score (nSPS) is 22.5. The molecule has 0 aromatic carbocycles. The van der Waals surface area contributed by atoms with Crippen molar-refractivity contribution in [3.63, 3.8) is 0 Å². The maximum Gasteiger partial charge on any atom is 0.303 e. The van der Waals surface area contributed by atoms with Crippen molar-refractivity contribution < 1.29 is 143 Å². The molecule has 0 aromatic rings. The number of nitrogens with zero attached hydrogens (tertiary/aromatic N) is 1. The zero-order valence-electron chi connectivity index (χ0n) is 72.9. The lowest BCUT2D eigenvalue weighted by Crippen LogP contribution is -2.65. The summed E-state index contributed by atoms with van der Waals surface area (Å²) in [6.45, 7) is 16.8. The Bertz CT molecular complexity index is 3210. The van der Waals surface area contributed by atoms with Crippen LogP contribution in [0.2, 0.25) is 0 Å². The van der Waals surface area contributed by atoms with Gasteiger partial charge in [-0.25, -0.2) is 0 Å². The average Bonchev–Trinajstić information content (AvgIpc) is 0.798. The van der Waals surface area contributed by atoms with Crippen LogP contribution in [-0.4, -0.2) is 288 Å². The summed E-state index contributed by atoms with van der Waals surface area (Å²) in [4.78, 5) is 216.